The van der Waals surface area contributed by atoms with Gasteiger partial charge in [0.15, 0.2) is 0 Å². The Bertz CT molecular complexity index is 319. The van der Waals surface area contributed by atoms with Gasteiger partial charge in [-0.1, -0.05) is 6.92 Å². The van der Waals surface area contributed by atoms with E-state index in [1.54, 1.807) is 0 Å². The molecule has 2 amide bonds. The molecule has 17 heavy (non-hydrogen) atoms. The summed E-state index contributed by atoms with van der Waals surface area (Å²) in [6.45, 7) is 3.98. The number of hydrogen-bond donors (Lipinski definition) is 1. The molecule has 1 N–H and O–H groups in total. The second-order valence-electron chi connectivity index (χ2n) is 5.11. The number of piperidine rings is 2. The van der Waals surface area contributed by atoms with Crippen LogP contribution in [0.1, 0.15) is 32.6 Å². The zero-order valence-corrected chi connectivity index (χ0v) is 10.3. The van der Waals surface area contributed by atoms with Gasteiger partial charge in [-0.15, -0.1) is 0 Å². The minimum atomic E-state index is -0.869. The van der Waals surface area contributed by atoms with Crippen LogP contribution >= 0.6 is 0 Å². The summed E-state index contributed by atoms with van der Waals surface area (Å²) in [6.07, 6.45) is 2.62. The molecule has 96 valence electrons. The number of likely N-dealkylation sites (tertiary alicyclic amines) is 2. The molecule has 2 saturated heterocycles. The largest absolute Gasteiger partial charge is 0.465 e. The molecule has 0 aromatic carbocycles. The molecule has 2 heterocycles. The van der Waals surface area contributed by atoms with Crippen LogP contribution in [0.25, 0.3) is 0 Å². The summed E-state index contributed by atoms with van der Waals surface area (Å²) in [6, 6.07) is 0.0765. The van der Waals surface area contributed by atoms with Crippen molar-refractivity contribution in [2.45, 2.75) is 38.6 Å². The van der Waals surface area contributed by atoms with Crippen LogP contribution in [0.5, 0.6) is 0 Å². The van der Waals surface area contributed by atoms with Crippen molar-refractivity contribution in [1.29, 1.82) is 0 Å². The van der Waals surface area contributed by atoms with Gasteiger partial charge in [-0.05, 0) is 25.2 Å². The number of amides is 2. The first-order chi connectivity index (χ1) is 8.09. The Balaban J connectivity index is 2.06. The molecule has 0 spiro atoms. The molecule has 5 nitrogen and oxygen atoms in total. The highest BCUT2D eigenvalue weighted by molar-refractivity contribution is 5.77. The van der Waals surface area contributed by atoms with Gasteiger partial charge in [0.25, 0.3) is 0 Å². The maximum atomic E-state index is 11.9. The van der Waals surface area contributed by atoms with Crippen LogP contribution in [0.15, 0.2) is 0 Å². The smallest absolute Gasteiger partial charge is 0.407 e. The summed E-state index contributed by atoms with van der Waals surface area (Å²) in [5.41, 5.74) is 0. The van der Waals surface area contributed by atoms with Crippen molar-refractivity contribution in [1.82, 2.24) is 9.80 Å². The Morgan fingerprint density at radius 1 is 1.35 bits per heavy atom. The first-order valence-corrected chi connectivity index (χ1v) is 6.37. The van der Waals surface area contributed by atoms with Crippen molar-refractivity contribution in [3.8, 4) is 0 Å². The molecule has 2 rings (SSSR count). The van der Waals surface area contributed by atoms with E-state index < -0.39 is 6.09 Å². The van der Waals surface area contributed by atoms with E-state index in [0.717, 1.165) is 25.8 Å². The maximum Gasteiger partial charge on any atom is 0.407 e. The second kappa shape index (κ2) is 4.94. The van der Waals surface area contributed by atoms with E-state index in [1.807, 2.05) is 4.90 Å². The van der Waals surface area contributed by atoms with E-state index in [1.165, 1.54) is 4.90 Å². The van der Waals surface area contributed by atoms with Crippen LogP contribution in [0.4, 0.5) is 4.79 Å². The van der Waals surface area contributed by atoms with Crippen LogP contribution < -0.4 is 0 Å². The standard InChI is InChI=1S/C12H20N2O3/c1-9-5-7-13(12(16)17)8-10(9)14-6-3-2-4-11(14)15/h9-10H,2-8H2,1H3,(H,16,17)/t9-,10-/m1/s1. The van der Waals surface area contributed by atoms with Gasteiger partial charge >= 0.3 is 6.09 Å². The first-order valence-electron chi connectivity index (χ1n) is 6.37. The van der Waals surface area contributed by atoms with E-state index in [9.17, 15) is 9.59 Å². The predicted molar refractivity (Wildman–Crippen MR) is 62.7 cm³/mol. The number of rotatable bonds is 1. The number of nitrogens with zero attached hydrogens (tertiary/aromatic N) is 2. The summed E-state index contributed by atoms with van der Waals surface area (Å²) in [5, 5.41) is 9.03. The Labute approximate surface area is 101 Å². The molecule has 5 heteroatoms. The Hall–Kier alpha value is -1.26. The summed E-state index contributed by atoms with van der Waals surface area (Å²) in [5.74, 6) is 0.591. The fourth-order valence-corrected chi connectivity index (χ4v) is 2.81. The van der Waals surface area contributed by atoms with E-state index in [0.29, 0.717) is 25.4 Å². The van der Waals surface area contributed by atoms with Gasteiger partial charge in [0, 0.05) is 26.1 Å². The van der Waals surface area contributed by atoms with Gasteiger partial charge in [-0.3, -0.25) is 4.79 Å². The zero-order chi connectivity index (χ0) is 12.4. The van der Waals surface area contributed by atoms with E-state index in [2.05, 4.69) is 6.92 Å². The molecule has 2 aliphatic rings. The van der Waals surface area contributed by atoms with Crippen LogP contribution in [0.2, 0.25) is 0 Å². The number of carbonyl (C=O) groups excluding carboxylic acids is 1. The molecule has 0 aliphatic carbocycles. The van der Waals surface area contributed by atoms with Crippen LogP contribution in [0, 0.1) is 5.92 Å². The van der Waals surface area contributed by atoms with Crippen molar-refractivity contribution >= 4 is 12.0 Å². The van der Waals surface area contributed by atoms with Gasteiger partial charge in [-0.25, -0.2) is 4.79 Å². The zero-order valence-electron chi connectivity index (χ0n) is 10.3. The van der Waals surface area contributed by atoms with Crippen molar-refractivity contribution in [3.05, 3.63) is 0 Å². The van der Waals surface area contributed by atoms with E-state index in [-0.39, 0.29) is 11.9 Å². The van der Waals surface area contributed by atoms with Crippen LogP contribution in [0.3, 0.4) is 0 Å². The van der Waals surface area contributed by atoms with Crippen molar-refractivity contribution < 1.29 is 14.7 Å². The van der Waals surface area contributed by atoms with Gasteiger partial charge < -0.3 is 14.9 Å². The Morgan fingerprint density at radius 2 is 2.12 bits per heavy atom. The van der Waals surface area contributed by atoms with E-state index in [4.69, 9.17) is 5.11 Å². The van der Waals surface area contributed by atoms with Gasteiger partial charge in [0.05, 0.1) is 6.04 Å². The Kier molecular flexibility index (Phi) is 3.54. The average Bonchev–Trinajstić information content (AvgIpc) is 2.30. The van der Waals surface area contributed by atoms with E-state index >= 15 is 0 Å². The summed E-state index contributed by atoms with van der Waals surface area (Å²) in [7, 11) is 0. The monoisotopic (exact) mass is 240 g/mol. The summed E-state index contributed by atoms with van der Waals surface area (Å²) in [4.78, 5) is 26.2. The Morgan fingerprint density at radius 3 is 2.76 bits per heavy atom. The molecule has 0 radical (unpaired) electrons. The van der Waals surface area contributed by atoms with Crippen molar-refractivity contribution in [2.24, 2.45) is 5.92 Å². The highest BCUT2D eigenvalue weighted by Crippen LogP contribution is 2.25. The second-order valence-corrected chi connectivity index (χ2v) is 5.11. The normalized spacial score (nSPS) is 30.5. The third-order valence-electron chi connectivity index (χ3n) is 3.95. The summed E-state index contributed by atoms with van der Waals surface area (Å²) < 4.78 is 0. The third kappa shape index (κ3) is 2.53. The van der Waals surface area contributed by atoms with Crippen LogP contribution in [-0.4, -0.2) is 52.6 Å². The number of carboxylic acid groups (broad SMARTS) is 1. The first kappa shape index (κ1) is 12.2. The van der Waals surface area contributed by atoms with Crippen molar-refractivity contribution in [2.75, 3.05) is 19.6 Å². The fourth-order valence-electron chi connectivity index (χ4n) is 2.81. The lowest BCUT2D eigenvalue weighted by molar-refractivity contribution is -0.138. The van der Waals surface area contributed by atoms with Gasteiger partial charge in [0.2, 0.25) is 5.91 Å². The molecule has 2 aliphatic heterocycles. The van der Waals surface area contributed by atoms with Gasteiger partial charge in [-0.2, -0.15) is 0 Å². The minimum Gasteiger partial charge on any atom is -0.465 e. The molecule has 0 aromatic heterocycles. The van der Waals surface area contributed by atoms with Crippen LogP contribution in [-0.2, 0) is 4.79 Å². The lowest BCUT2D eigenvalue weighted by Crippen LogP contribution is -2.56. The highest BCUT2D eigenvalue weighted by atomic mass is 16.4. The quantitative estimate of drug-likeness (QED) is 0.753. The topological polar surface area (TPSA) is 60.9 Å². The third-order valence-corrected chi connectivity index (χ3v) is 3.95. The summed E-state index contributed by atoms with van der Waals surface area (Å²) >= 11 is 0. The molecular weight excluding hydrogens is 220 g/mol. The predicted octanol–water partition coefficient (Wildman–Crippen LogP) is 1.39. The van der Waals surface area contributed by atoms with Crippen molar-refractivity contribution in [3.63, 3.8) is 0 Å². The minimum absolute atomic E-state index is 0.0765. The van der Waals surface area contributed by atoms with Gasteiger partial charge in [0.1, 0.15) is 0 Å². The highest BCUT2D eigenvalue weighted by Gasteiger charge is 2.35. The fraction of sp³-hybridized carbons (Fsp3) is 0.833. The maximum absolute atomic E-state index is 11.9. The SMILES string of the molecule is C[C@@H]1CCN(C(=O)O)C[C@H]1N1CCCCC1=O. The lowest BCUT2D eigenvalue weighted by atomic mass is 9.91. The average molecular weight is 240 g/mol. The molecule has 0 aromatic rings. The number of hydrogen-bond acceptors (Lipinski definition) is 2. The lowest BCUT2D eigenvalue weighted by Gasteiger charge is -2.43. The number of carbonyl (C=O) groups is 2. The molecule has 0 unspecified atom stereocenters. The molecule has 2 fully saturated rings. The molecular formula is C12H20N2O3. The molecule has 2 atom stereocenters. The molecule has 0 saturated carbocycles. The molecule has 0 bridgehead atoms.